The fourth-order valence-corrected chi connectivity index (χ4v) is 1.54. The van der Waals surface area contributed by atoms with E-state index in [0.29, 0.717) is 24.7 Å². The molecule has 1 atom stereocenters. The zero-order chi connectivity index (χ0) is 12.1. The SMILES string of the molecule is CONC(=O)c1ccnc(O[C@@H]2CCOC2)c1. The molecule has 0 aromatic carbocycles. The Labute approximate surface area is 98.8 Å². The van der Waals surface area contributed by atoms with Gasteiger partial charge in [0.1, 0.15) is 6.10 Å². The smallest absolute Gasteiger partial charge is 0.275 e. The average molecular weight is 238 g/mol. The summed E-state index contributed by atoms with van der Waals surface area (Å²) in [5.41, 5.74) is 2.68. The van der Waals surface area contributed by atoms with Crippen LogP contribution in [0.15, 0.2) is 18.3 Å². The van der Waals surface area contributed by atoms with Crippen molar-refractivity contribution < 1.29 is 19.1 Å². The lowest BCUT2D eigenvalue weighted by Crippen LogP contribution is -2.22. The van der Waals surface area contributed by atoms with Crippen LogP contribution in [-0.4, -0.2) is 37.3 Å². The summed E-state index contributed by atoms with van der Waals surface area (Å²) >= 11 is 0. The van der Waals surface area contributed by atoms with Gasteiger partial charge in [-0.2, -0.15) is 0 Å². The van der Waals surface area contributed by atoms with Crippen LogP contribution in [0.4, 0.5) is 0 Å². The molecule has 1 aliphatic rings. The van der Waals surface area contributed by atoms with E-state index in [-0.39, 0.29) is 12.0 Å². The Balaban J connectivity index is 2.02. The van der Waals surface area contributed by atoms with E-state index in [2.05, 4.69) is 15.3 Å². The number of carbonyl (C=O) groups is 1. The van der Waals surface area contributed by atoms with Crippen LogP contribution in [0, 0.1) is 0 Å². The Hall–Kier alpha value is -1.66. The number of aromatic nitrogens is 1. The number of nitrogens with one attached hydrogen (secondary N) is 1. The second-order valence-corrected chi connectivity index (χ2v) is 3.62. The van der Waals surface area contributed by atoms with Crippen molar-refractivity contribution in [2.45, 2.75) is 12.5 Å². The minimum atomic E-state index is -0.331. The fraction of sp³-hybridized carbons (Fsp3) is 0.455. The monoisotopic (exact) mass is 238 g/mol. The van der Waals surface area contributed by atoms with Crippen LogP contribution in [0.25, 0.3) is 0 Å². The molecule has 92 valence electrons. The van der Waals surface area contributed by atoms with Crippen molar-refractivity contribution in [1.29, 1.82) is 0 Å². The number of hydroxylamine groups is 1. The van der Waals surface area contributed by atoms with Crippen LogP contribution in [0.5, 0.6) is 5.88 Å². The second kappa shape index (κ2) is 5.60. The Morgan fingerprint density at radius 3 is 3.24 bits per heavy atom. The quantitative estimate of drug-likeness (QED) is 0.775. The summed E-state index contributed by atoms with van der Waals surface area (Å²) < 4.78 is 10.8. The minimum Gasteiger partial charge on any atom is -0.472 e. The maximum absolute atomic E-state index is 11.5. The van der Waals surface area contributed by atoms with Gasteiger partial charge in [0.2, 0.25) is 5.88 Å². The van der Waals surface area contributed by atoms with E-state index >= 15 is 0 Å². The molecule has 2 heterocycles. The molecular weight excluding hydrogens is 224 g/mol. The van der Waals surface area contributed by atoms with Crippen LogP contribution < -0.4 is 10.2 Å². The van der Waals surface area contributed by atoms with Gasteiger partial charge >= 0.3 is 0 Å². The molecule has 1 aromatic rings. The maximum Gasteiger partial charge on any atom is 0.275 e. The summed E-state index contributed by atoms with van der Waals surface area (Å²) in [6, 6.07) is 3.17. The third-order valence-corrected chi connectivity index (χ3v) is 2.37. The van der Waals surface area contributed by atoms with Gasteiger partial charge in [-0.15, -0.1) is 0 Å². The first-order valence-electron chi connectivity index (χ1n) is 5.33. The highest BCUT2D eigenvalue weighted by molar-refractivity contribution is 5.93. The first-order valence-corrected chi connectivity index (χ1v) is 5.33. The van der Waals surface area contributed by atoms with E-state index in [4.69, 9.17) is 9.47 Å². The lowest BCUT2D eigenvalue weighted by Gasteiger charge is -2.11. The number of carbonyl (C=O) groups excluding carboxylic acids is 1. The molecule has 1 amide bonds. The van der Waals surface area contributed by atoms with Crippen molar-refractivity contribution in [1.82, 2.24) is 10.5 Å². The van der Waals surface area contributed by atoms with Crippen molar-refractivity contribution in [2.75, 3.05) is 20.3 Å². The number of pyridine rings is 1. The highest BCUT2D eigenvalue weighted by atomic mass is 16.6. The van der Waals surface area contributed by atoms with E-state index in [1.807, 2.05) is 0 Å². The molecule has 6 nitrogen and oxygen atoms in total. The predicted octanol–water partition coefficient (Wildman–Crippen LogP) is 0.540. The average Bonchev–Trinajstić information content (AvgIpc) is 2.82. The first kappa shape index (κ1) is 11.8. The molecule has 2 rings (SSSR count). The Bertz CT molecular complexity index is 391. The largest absolute Gasteiger partial charge is 0.472 e. The van der Waals surface area contributed by atoms with Crippen LogP contribution in [0.1, 0.15) is 16.8 Å². The van der Waals surface area contributed by atoms with Gasteiger partial charge in [0, 0.05) is 24.2 Å². The predicted molar refractivity (Wildman–Crippen MR) is 58.6 cm³/mol. The molecular formula is C11H14N2O4. The minimum absolute atomic E-state index is 0.0169. The Morgan fingerprint density at radius 1 is 1.65 bits per heavy atom. The maximum atomic E-state index is 11.5. The number of ether oxygens (including phenoxy) is 2. The van der Waals surface area contributed by atoms with Gasteiger partial charge in [-0.1, -0.05) is 0 Å². The van der Waals surface area contributed by atoms with Crippen LogP contribution in [0.2, 0.25) is 0 Å². The number of rotatable bonds is 4. The molecule has 6 heteroatoms. The summed E-state index contributed by atoms with van der Waals surface area (Å²) in [7, 11) is 1.38. The summed E-state index contributed by atoms with van der Waals surface area (Å²) in [6.07, 6.45) is 2.38. The van der Waals surface area contributed by atoms with Crippen molar-refractivity contribution in [3.63, 3.8) is 0 Å². The van der Waals surface area contributed by atoms with E-state index in [0.717, 1.165) is 6.42 Å². The highest BCUT2D eigenvalue weighted by Crippen LogP contribution is 2.15. The van der Waals surface area contributed by atoms with Crippen molar-refractivity contribution in [3.05, 3.63) is 23.9 Å². The topological polar surface area (TPSA) is 69.7 Å². The normalized spacial score (nSPS) is 19.0. The zero-order valence-corrected chi connectivity index (χ0v) is 9.51. The van der Waals surface area contributed by atoms with E-state index in [1.165, 1.54) is 13.3 Å². The van der Waals surface area contributed by atoms with Gasteiger partial charge in [-0.25, -0.2) is 10.5 Å². The second-order valence-electron chi connectivity index (χ2n) is 3.62. The molecule has 1 aromatic heterocycles. The third-order valence-electron chi connectivity index (χ3n) is 2.37. The van der Waals surface area contributed by atoms with Crippen molar-refractivity contribution in [2.24, 2.45) is 0 Å². The lowest BCUT2D eigenvalue weighted by atomic mass is 10.2. The molecule has 17 heavy (non-hydrogen) atoms. The fourth-order valence-electron chi connectivity index (χ4n) is 1.54. The summed E-state index contributed by atoms with van der Waals surface area (Å²) in [5.74, 6) is 0.0895. The Morgan fingerprint density at radius 2 is 2.53 bits per heavy atom. The van der Waals surface area contributed by atoms with E-state index in [1.54, 1.807) is 12.1 Å². The molecule has 0 bridgehead atoms. The van der Waals surface area contributed by atoms with Crippen LogP contribution >= 0.6 is 0 Å². The molecule has 0 unspecified atom stereocenters. The molecule has 1 fully saturated rings. The molecule has 0 aliphatic carbocycles. The van der Waals surface area contributed by atoms with Gasteiger partial charge in [-0.05, 0) is 6.07 Å². The highest BCUT2D eigenvalue weighted by Gasteiger charge is 2.18. The zero-order valence-electron chi connectivity index (χ0n) is 9.51. The van der Waals surface area contributed by atoms with Gasteiger partial charge < -0.3 is 9.47 Å². The van der Waals surface area contributed by atoms with Crippen LogP contribution in [0.3, 0.4) is 0 Å². The van der Waals surface area contributed by atoms with E-state index in [9.17, 15) is 4.79 Å². The first-order chi connectivity index (χ1) is 8.29. The molecule has 1 N–H and O–H groups in total. The van der Waals surface area contributed by atoms with Crippen molar-refractivity contribution >= 4 is 5.91 Å². The number of hydrogen-bond donors (Lipinski definition) is 1. The summed E-state index contributed by atoms with van der Waals surface area (Å²) in [4.78, 5) is 20.1. The lowest BCUT2D eigenvalue weighted by molar-refractivity contribution is 0.0536. The molecule has 1 saturated heterocycles. The standard InChI is InChI=1S/C11H14N2O4/c1-15-13-11(14)8-2-4-12-10(6-8)17-9-3-5-16-7-9/h2,4,6,9H,3,5,7H2,1H3,(H,13,14)/t9-/m1/s1. The molecule has 1 aliphatic heterocycles. The van der Waals surface area contributed by atoms with Crippen LogP contribution in [-0.2, 0) is 9.57 Å². The molecule has 0 spiro atoms. The van der Waals surface area contributed by atoms with Gasteiger partial charge in [0.05, 0.1) is 20.3 Å². The Kier molecular flexibility index (Phi) is 3.89. The van der Waals surface area contributed by atoms with Gasteiger partial charge in [-0.3, -0.25) is 9.63 Å². The molecule has 0 saturated carbocycles. The third kappa shape index (κ3) is 3.15. The summed E-state index contributed by atoms with van der Waals surface area (Å²) in [6.45, 7) is 1.27. The van der Waals surface area contributed by atoms with Gasteiger partial charge in [0.15, 0.2) is 0 Å². The van der Waals surface area contributed by atoms with Gasteiger partial charge in [0.25, 0.3) is 5.91 Å². The van der Waals surface area contributed by atoms with E-state index < -0.39 is 0 Å². The number of amides is 1. The van der Waals surface area contributed by atoms with Crippen molar-refractivity contribution in [3.8, 4) is 5.88 Å². The number of nitrogens with zero attached hydrogens (tertiary/aromatic N) is 1. The summed E-state index contributed by atoms with van der Waals surface area (Å²) in [5, 5.41) is 0. The molecule has 0 radical (unpaired) electrons. The number of hydrogen-bond acceptors (Lipinski definition) is 5.